The number of hydrogen-bond donors (Lipinski definition) is 1. The fourth-order valence-corrected chi connectivity index (χ4v) is 4.90. The van der Waals surface area contributed by atoms with Crippen molar-refractivity contribution >= 4 is 0 Å². The van der Waals surface area contributed by atoms with E-state index in [4.69, 9.17) is 0 Å². The number of rotatable bonds is 4. The standard InChI is InChI=1S/C20H34O/c1-7-20(6,21)13-11-16-14(2)8-9-17-18(16)15(3)10-12-19(17,4)5/h7,15-18,21H,1-2,8-13H2,3-6H3/t15-,16-,17?,18?,20?/m0/s1. The molecule has 2 aliphatic rings. The van der Waals surface area contributed by atoms with Gasteiger partial charge in [0.15, 0.2) is 0 Å². The Morgan fingerprint density at radius 2 is 2.05 bits per heavy atom. The molecule has 2 aliphatic carbocycles. The van der Waals surface area contributed by atoms with E-state index >= 15 is 0 Å². The molecule has 120 valence electrons. The summed E-state index contributed by atoms with van der Waals surface area (Å²) in [7, 11) is 0. The lowest BCUT2D eigenvalue weighted by Gasteiger charge is -2.54. The zero-order valence-electron chi connectivity index (χ0n) is 14.5. The minimum Gasteiger partial charge on any atom is -0.386 e. The molecule has 0 aromatic carbocycles. The van der Waals surface area contributed by atoms with Crippen LogP contribution in [0.25, 0.3) is 0 Å². The molecule has 2 saturated carbocycles. The summed E-state index contributed by atoms with van der Waals surface area (Å²) in [5.41, 5.74) is 1.17. The Bertz CT molecular complexity index is 404. The van der Waals surface area contributed by atoms with E-state index in [1.165, 1.54) is 31.3 Å². The molecule has 1 nitrogen and oxygen atoms in total. The molecule has 0 heterocycles. The molecule has 21 heavy (non-hydrogen) atoms. The quantitative estimate of drug-likeness (QED) is 0.691. The molecule has 0 amide bonds. The van der Waals surface area contributed by atoms with E-state index in [2.05, 4.69) is 33.9 Å². The van der Waals surface area contributed by atoms with Crippen molar-refractivity contribution in [3.63, 3.8) is 0 Å². The van der Waals surface area contributed by atoms with Crippen molar-refractivity contribution < 1.29 is 5.11 Å². The van der Waals surface area contributed by atoms with Gasteiger partial charge in [0.1, 0.15) is 0 Å². The summed E-state index contributed by atoms with van der Waals surface area (Å²) < 4.78 is 0. The maximum absolute atomic E-state index is 10.3. The van der Waals surface area contributed by atoms with Gasteiger partial charge < -0.3 is 5.11 Å². The van der Waals surface area contributed by atoms with Gasteiger partial charge in [-0.05, 0) is 74.5 Å². The van der Waals surface area contributed by atoms with E-state index in [-0.39, 0.29) is 0 Å². The van der Waals surface area contributed by atoms with Gasteiger partial charge in [-0.25, -0.2) is 0 Å². The van der Waals surface area contributed by atoms with Gasteiger partial charge in [0.2, 0.25) is 0 Å². The molecule has 1 N–H and O–H groups in total. The molecule has 0 bridgehead atoms. The third-order valence-electron chi connectivity index (χ3n) is 6.54. The highest BCUT2D eigenvalue weighted by atomic mass is 16.3. The highest BCUT2D eigenvalue weighted by molar-refractivity contribution is 5.12. The van der Waals surface area contributed by atoms with Crippen molar-refractivity contribution in [2.75, 3.05) is 0 Å². The van der Waals surface area contributed by atoms with Gasteiger partial charge in [0.05, 0.1) is 5.60 Å². The number of fused-ring (bicyclic) bond motifs is 1. The summed E-state index contributed by atoms with van der Waals surface area (Å²) in [6, 6.07) is 0. The smallest absolute Gasteiger partial charge is 0.0797 e. The first-order valence-corrected chi connectivity index (χ1v) is 8.71. The maximum atomic E-state index is 10.3. The zero-order valence-corrected chi connectivity index (χ0v) is 14.5. The van der Waals surface area contributed by atoms with Crippen LogP contribution in [0, 0.1) is 29.1 Å². The van der Waals surface area contributed by atoms with Crippen molar-refractivity contribution in [1.82, 2.24) is 0 Å². The van der Waals surface area contributed by atoms with Crippen LogP contribution in [0.15, 0.2) is 24.8 Å². The average Bonchev–Trinajstić information content (AvgIpc) is 2.42. The lowest BCUT2D eigenvalue weighted by molar-refractivity contribution is -0.0191. The first kappa shape index (κ1) is 16.8. The van der Waals surface area contributed by atoms with Crippen LogP contribution in [0.1, 0.15) is 66.2 Å². The highest BCUT2D eigenvalue weighted by Crippen LogP contribution is 2.56. The Hall–Kier alpha value is -0.560. The second-order valence-electron chi connectivity index (χ2n) is 8.59. The molecule has 3 unspecified atom stereocenters. The third kappa shape index (κ3) is 3.44. The maximum Gasteiger partial charge on any atom is 0.0797 e. The molecule has 0 aromatic heterocycles. The van der Waals surface area contributed by atoms with E-state index in [9.17, 15) is 5.11 Å². The summed E-state index contributed by atoms with van der Waals surface area (Å²) in [5, 5.41) is 10.3. The van der Waals surface area contributed by atoms with Crippen LogP contribution >= 0.6 is 0 Å². The minimum atomic E-state index is -0.735. The average molecular weight is 290 g/mol. The molecule has 5 atom stereocenters. The first-order chi connectivity index (χ1) is 9.68. The van der Waals surface area contributed by atoms with Gasteiger partial charge in [-0.3, -0.25) is 0 Å². The van der Waals surface area contributed by atoms with Gasteiger partial charge in [0.25, 0.3) is 0 Å². The second kappa shape index (κ2) is 5.91. The Balaban J connectivity index is 2.17. The van der Waals surface area contributed by atoms with Gasteiger partial charge >= 0.3 is 0 Å². The van der Waals surface area contributed by atoms with Crippen LogP contribution in [-0.2, 0) is 0 Å². The molecule has 0 aromatic rings. The third-order valence-corrected chi connectivity index (χ3v) is 6.54. The second-order valence-corrected chi connectivity index (χ2v) is 8.59. The monoisotopic (exact) mass is 290 g/mol. The lowest BCUT2D eigenvalue weighted by Crippen LogP contribution is -2.45. The molecule has 0 saturated heterocycles. The molecule has 0 spiro atoms. The van der Waals surface area contributed by atoms with E-state index < -0.39 is 5.60 Å². The van der Waals surface area contributed by atoms with Crippen LogP contribution in [0.2, 0.25) is 0 Å². The molecular formula is C20H34O. The Kier molecular flexibility index (Phi) is 4.73. The summed E-state index contributed by atoms with van der Waals surface area (Å²) in [6.07, 6.45) is 8.74. The van der Waals surface area contributed by atoms with E-state index in [1.807, 2.05) is 6.92 Å². The van der Waals surface area contributed by atoms with Crippen LogP contribution in [0.4, 0.5) is 0 Å². The van der Waals surface area contributed by atoms with Crippen LogP contribution < -0.4 is 0 Å². The van der Waals surface area contributed by atoms with Gasteiger partial charge in [-0.2, -0.15) is 0 Å². The van der Waals surface area contributed by atoms with Crippen molar-refractivity contribution in [2.45, 2.75) is 71.8 Å². The number of aliphatic hydroxyl groups is 1. The van der Waals surface area contributed by atoms with Crippen LogP contribution in [0.3, 0.4) is 0 Å². The van der Waals surface area contributed by atoms with E-state index in [0.29, 0.717) is 11.3 Å². The van der Waals surface area contributed by atoms with Crippen molar-refractivity contribution in [2.24, 2.45) is 29.1 Å². The van der Waals surface area contributed by atoms with Crippen molar-refractivity contribution in [3.05, 3.63) is 24.8 Å². The predicted molar refractivity (Wildman–Crippen MR) is 91.1 cm³/mol. The largest absolute Gasteiger partial charge is 0.386 e. The van der Waals surface area contributed by atoms with Gasteiger partial charge in [-0.1, -0.05) is 39.0 Å². The van der Waals surface area contributed by atoms with Crippen molar-refractivity contribution in [1.29, 1.82) is 0 Å². The molecule has 2 rings (SSSR count). The summed E-state index contributed by atoms with van der Waals surface area (Å²) in [6.45, 7) is 17.4. The van der Waals surface area contributed by atoms with Crippen molar-refractivity contribution in [3.8, 4) is 0 Å². The Labute approximate surface area is 131 Å². The summed E-state index contributed by atoms with van der Waals surface area (Å²) in [5.74, 6) is 2.96. The molecule has 0 radical (unpaired) electrons. The summed E-state index contributed by atoms with van der Waals surface area (Å²) >= 11 is 0. The normalized spacial score (nSPS) is 38.4. The van der Waals surface area contributed by atoms with Gasteiger partial charge in [-0.15, -0.1) is 6.58 Å². The Morgan fingerprint density at radius 1 is 1.38 bits per heavy atom. The molecular weight excluding hydrogens is 256 g/mol. The predicted octanol–water partition coefficient (Wildman–Crippen LogP) is 5.36. The minimum absolute atomic E-state index is 0.469. The molecule has 0 aliphatic heterocycles. The van der Waals surface area contributed by atoms with Gasteiger partial charge in [0, 0.05) is 0 Å². The molecule has 2 fully saturated rings. The Morgan fingerprint density at radius 3 is 2.67 bits per heavy atom. The number of allylic oxidation sites excluding steroid dienone is 1. The SMILES string of the molecule is C=CC(C)(O)CC[C@H]1C(=C)CCC2C1[C@@H](C)CCC2(C)C. The van der Waals surface area contributed by atoms with Crippen LogP contribution in [-0.4, -0.2) is 10.7 Å². The first-order valence-electron chi connectivity index (χ1n) is 8.71. The topological polar surface area (TPSA) is 20.2 Å². The highest BCUT2D eigenvalue weighted by Gasteiger charge is 2.47. The van der Waals surface area contributed by atoms with E-state index in [0.717, 1.165) is 30.6 Å². The fourth-order valence-electron chi connectivity index (χ4n) is 4.90. The fraction of sp³-hybridized carbons (Fsp3) is 0.800. The van der Waals surface area contributed by atoms with Crippen LogP contribution in [0.5, 0.6) is 0 Å². The zero-order chi connectivity index (χ0) is 15.8. The lowest BCUT2D eigenvalue weighted by atomic mass is 9.51. The van der Waals surface area contributed by atoms with E-state index in [1.54, 1.807) is 6.08 Å². The number of hydrogen-bond acceptors (Lipinski definition) is 1. The molecule has 1 heteroatoms. The summed E-state index contributed by atoms with van der Waals surface area (Å²) in [4.78, 5) is 0.